The van der Waals surface area contributed by atoms with Crippen LogP contribution in [-0.4, -0.2) is 59.3 Å². The molecule has 0 aliphatic carbocycles. The maximum atomic E-state index is 11.7. The van der Waals surface area contributed by atoms with Crippen LogP contribution < -0.4 is 0 Å². The molecule has 6 heteroatoms. The third-order valence-corrected chi connectivity index (χ3v) is 5.37. The molecular formula is C17H25N3O3. The topological polar surface area (TPSA) is 58.8 Å². The Bertz CT molecular complexity index is 569. The molecule has 126 valence electrons. The lowest BCUT2D eigenvalue weighted by Gasteiger charge is -2.53. The summed E-state index contributed by atoms with van der Waals surface area (Å²) in [6, 6.07) is 2.00. The highest BCUT2D eigenvalue weighted by Gasteiger charge is 2.46. The van der Waals surface area contributed by atoms with Crippen molar-refractivity contribution in [2.24, 2.45) is 5.92 Å². The molecule has 0 N–H and O–H groups in total. The number of aryl methyl sites for hydroxylation is 1. The second-order valence-corrected chi connectivity index (χ2v) is 7.42. The summed E-state index contributed by atoms with van der Waals surface area (Å²) in [7, 11) is 0. The van der Waals surface area contributed by atoms with Crippen molar-refractivity contribution < 1.29 is 14.1 Å². The maximum absolute atomic E-state index is 11.7. The molecule has 6 nitrogen and oxygen atoms in total. The Morgan fingerprint density at radius 2 is 2.30 bits per heavy atom. The lowest BCUT2D eigenvalue weighted by Crippen LogP contribution is -2.64. The van der Waals surface area contributed by atoms with Crippen LogP contribution >= 0.6 is 0 Å². The average molecular weight is 319 g/mol. The number of aromatic nitrogens is 1. The van der Waals surface area contributed by atoms with E-state index in [4.69, 9.17) is 9.26 Å². The fraction of sp³-hybridized carbons (Fsp3) is 0.765. The van der Waals surface area contributed by atoms with Gasteiger partial charge in [0.1, 0.15) is 5.76 Å². The van der Waals surface area contributed by atoms with Gasteiger partial charge in [0, 0.05) is 51.1 Å². The highest BCUT2D eigenvalue weighted by Crippen LogP contribution is 2.37. The number of nitrogens with zero attached hydrogens (tertiary/aromatic N) is 3. The Labute approximate surface area is 136 Å². The molecule has 3 aliphatic heterocycles. The molecule has 0 aromatic carbocycles. The van der Waals surface area contributed by atoms with Crippen LogP contribution in [0.4, 0.5) is 0 Å². The van der Waals surface area contributed by atoms with Gasteiger partial charge in [0.2, 0.25) is 5.91 Å². The number of likely N-dealkylation sites (tertiary alicyclic amines) is 2. The fourth-order valence-electron chi connectivity index (χ4n) is 4.12. The minimum atomic E-state index is 0.0459. The second-order valence-electron chi connectivity index (χ2n) is 7.42. The van der Waals surface area contributed by atoms with Crippen molar-refractivity contribution >= 4 is 5.91 Å². The van der Waals surface area contributed by atoms with E-state index in [2.05, 4.69) is 10.1 Å². The first-order valence-corrected chi connectivity index (χ1v) is 8.68. The van der Waals surface area contributed by atoms with E-state index in [1.54, 1.807) is 0 Å². The zero-order valence-corrected chi connectivity index (χ0v) is 13.8. The average Bonchev–Trinajstić information content (AvgIpc) is 3.09. The van der Waals surface area contributed by atoms with Crippen LogP contribution in [0.2, 0.25) is 0 Å². The predicted molar refractivity (Wildman–Crippen MR) is 83.7 cm³/mol. The van der Waals surface area contributed by atoms with Gasteiger partial charge in [-0.05, 0) is 26.2 Å². The molecule has 1 aromatic heterocycles. The largest absolute Gasteiger partial charge is 0.372 e. The molecule has 1 spiro atoms. The molecule has 0 saturated carbocycles. The van der Waals surface area contributed by atoms with E-state index >= 15 is 0 Å². The SMILES string of the molecule is Cc1cc(CN2CC3(CC[C@H](CN4CCCC4=O)CO3)C2)no1. The molecule has 1 amide bonds. The van der Waals surface area contributed by atoms with Crippen molar-refractivity contribution in [2.75, 3.05) is 32.8 Å². The van der Waals surface area contributed by atoms with Gasteiger partial charge in [-0.1, -0.05) is 5.16 Å². The minimum Gasteiger partial charge on any atom is -0.372 e. The van der Waals surface area contributed by atoms with Crippen LogP contribution in [0.3, 0.4) is 0 Å². The van der Waals surface area contributed by atoms with Gasteiger partial charge in [0.05, 0.1) is 17.9 Å². The van der Waals surface area contributed by atoms with Gasteiger partial charge < -0.3 is 14.2 Å². The third kappa shape index (κ3) is 3.15. The number of hydrogen-bond acceptors (Lipinski definition) is 5. The number of ether oxygens (including phenoxy) is 1. The molecular weight excluding hydrogens is 294 g/mol. The van der Waals surface area contributed by atoms with Crippen molar-refractivity contribution in [2.45, 2.75) is 44.8 Å². The van der Waals surface area contributed by atoms with Crippen LogP contribution in [0.15, 0.2) is 10.6 Å². The number of hydrogen-bond donors (Lipinski definition) is 0. The van der Waals surface area contributed by atoms with Crippen molar-refractivity contribution in [1.82, 2.24) is 15.0 Å². The maximum Gasteiger partial charge on any atom is 0.222 e. The summed E-state index contributed by atoms with van der Waals surface area (Å²) in [4.78, 5) is 16.1. The summed E-state index contributed by atoms with van der Waals surface area (Å²) in [5.74, 6) is 1.70. The lowest BCUT2D eigenvalue weighted by atomic mass is 9.82. The lowest BCUT2D eigenvalue weighted by molar-refractivity contribution is -0.183. The Hall–Kier alpha value is -1.40. The standard InChI is InChI=1S/C17H25N3O3/c1-13-7-15(18-23-13)9-19-11-17(12-19)5-4-14(10-22-17)8-20-6-2-3-16(20)21/h7,14H,2-6,8-12H2,1H3/t14-/m1/s1. The van der Waals surface area contributed by atoms with Crippen molar-refractivity contribution in [1.29, 1.82) is 0 Å². The van der Waals surface area contributed by atoms with Crippen LogP contribution in [0.5, 0.6) is 0 Å². The van der Waals surface area contributed by atoms with Gasteiger partial charge in [-0.15, -0.1) is 0 Å². The Kier molecular flexibility index (Phi) is 3.89. The first-order chi connectivity index (χ1) is 11.1. The van der Waals surface area contributed by atoms with Gasteiger partial charge in [-0.3, -0.25) is 9.69 Å². The van der Waals surface area contributed by atoms with E-state index in [1.165, 1.54) is 6.42 Å². The quantitative estimate of drug-likeness (QED) is 0.843. The summed E-state index contributed by atoms with van der Waals surface area (Å²) in [6.07, 6.45) is 4.02. The van der Waals surface area contributed by atoms with Crippen LogP contribution in [0, 0.1) is 12.8 Å². The second kappa shape index (κ2) is 5.91. The van der Waals surface area contributed by atoms with Crippen molar-refractivity contribution in [3.63, 3.8) is 0 Å². The van der Waals surface area contributed by atoms with E-state index in [-0.39, 0.29) is 5.60 Å². The summed E-state index contributed by atoms with van der Waals surface area (Å²) < 4.78 is 11.3. The van der Waals surface area contributed by atoms with E-state index in [1.807, 2.05) is 17.9 Å². The molecule has 1 aromatic rings. The van der Waals surface area contributed by atoms with Gasteiger partial charge >= 0.3 is 0 Å². The minimum absolute atomic E-state index is 0.0459. The first-order valence-electron chi connectivity index (χ1n) is 8.68. The third-order valence-electron chi connectivity index (χ3n) is 5.37. The number of carbonyl (C=O) groups excluding carboxylic acids is 1. The molecule has 4 heterocycles. The van der Waals surface area contributed by atoms with Crippen molar-refractivity contribution in [3.05, 3.63) is 17.5 Å². The molecule has 1 atom stereocenters. The van der Waals surface area contributed by atoms with Gasteiger partial charge in [0.15, 0.2) is 0 Å². The Balaban J connectivity index is 1.22. The predicted octanol–water partition coefficient (Wildman–Crippen LogP) is 1.59. The zero-order chi connectivity index (χ0) is 15.9. The van der Waals surface area contributed by atoms with E-state index in [0.29, 0.717) is 11.8 Å². The molecule has 0 unspecified atom stereocenters. The highest BCUT2D eigenvalue weighted by molar-refractivity contribution is 5.78. The molecule has 0 radical (unpaired) electrons. The van der Waals surface area contributed by atoms with E-state index in [0.717, 1.165) is 70.0 Å². The normalized spacial score (nSPS) is 27.6. The highest BCUT2D eigenvalue weighted by atomic mass is 16.5. The summed E-state index contributed by atoms with van der Waals surface area (Å²) >= 11 is 0. The van der Waals surface area contributed by atoms with Crippen LogP contribution in [0.1, 0.15) is 37.1 Å². The van der Waals surface area contributed by atoms with E-state index < -0.39 is 0 Å². The fourth-order valence-corrected chi connectivity index (χ4v) is 4.12. The Morgan fingerprint density at radius 3 is 2.91 bits per heavy atom. The van der Waals surface area contributed by atoms with E-state index in [9.17, 15) is 4.79 Å². The summed E-state index contributed by atoms with van der Waals surface area (Å²) in [5, 5.41) is 4.05. The molecule has 3 saturated heterocycles. The number of amides is 1. The Morgan fingerprint density at radius 1 is 1.43 bits per heavy atom. The molecule has 3 fully saturated rings. The van der Waals surface area contributed by atoms with Crippen LogP contribution in [-0.2, 0) is 16.1 Å². The van der Waals surface area contributed by atoms with Gasteiger partial charge in [-0.2, -0.15) is 0 Å². The first kappa shape index (κ1) is 15.1. The van der Waals surface area contributed by atoms with Gasteiger partial charge in [-0.25, -0.2) is 0 Å². The molecule has 3 aliphatic rings. The summed E-state index contributed by atoms with van der Waals surface area (Å²) in [5.41, 5.74) is 1.04. The number of carbonyl (C=O) groups is 1. The van der Waals surface area contributed by atoms with Crippen LogP contribution in [0.25, 0.3) is 0 Å². The van der Waals surface area contributed by atoms with Crippen molar-refractivity contribution in [3.8, 4) is 0 Å². The molecule has 4 rings (SSSR count). The van der Waals surface area contributed by atoms with Gasteiger partial charge in [0.25, 0.3) is 0 Å². The number of rotatable bonds is 4. The zero-order valence-electron chi connectivity index (χ0n) is 13.8. The molecule has 0 bridgehead atoms. The smallest absolute Gasteiger partial charge is 0.222 e. The monoisotopic (exact) mass is 319 g/mol. The summed E-state index contributed by atoms with van der Waals surface area (Å²) in [6.45, 7) is 7.34. The molecule has 23 heavy (non-hydrogen) atoms.